The Kier molecular flexibility index (Phi) is 6.05. The topological polar surface area (TPSA) is 11.4 Å². The number of aromatic nitrogens is 1. The third-order valence-corrected chi connectivity index (χ3v) is 8.91. The number of allylic oxidation sites excluding steroid dienone is 5. The summed E-state index contributed by atoms with van der Waals surface area (Å²) in [4.78, 5) is 7.35. The molecule has 0 N–H and O–H groups in total. The number of likely N-dealkylation sites (N-methyl/N-ethyl adjacent to an activating group) is 1. The molecule has 0 unspecified atom stereocenters. The van der Waals surface area contributed by atoms with Crippen LogP contribution in [-0.2, 0) is 7.05 Å². The van der Waals surface area contributed by atoms with Gasteiger partial charge in [0.1, 0.15) is 0 Å². The minimum absolute atomic E-state index is 0.939. The summed E-state index contributed by atoms with van der Waals surface area (Å²) in [5, 5.41) is 0. The van der Waals surface area contributed by atoms with Gasteiger partial charge in [0.05, 0.1) is 5.69 Å². The SMILES string of the molecule is CN1C=CC(c2ccc3c(c2)SC2=C(CCC(c4ccn(C)c4)=C2)N3c2ccc(-c3ccccc3)cc2)=CC1. The fourth-order valence-corrected chi connectivity index (χ4v) is 6.87. The quantitative estimate of drug-likeness (QED) is 0.264. The highest BCUT2D eigenvalue weighted by Crippen LogP contribution is 2.52. The monoisotopic (exact) mass is 525 g/mol. The Morgan fingerprint density at radius 1 is 0.769 bits per heavy atom. The summed E-state index contributed by atoms with van der Waals surface area (Å²) < 4.78 is 2.14. The van der Waals surface area contributed by atoms with Crippen LogP contribution in [0.25, 0.3) is 22.3 Å². The molecule has 1 aliphatic carbocycles. The fraction of sp³-hybridized carbons (Fsp3) is 0.143. The van der Waals surface area contributed by atoms with E-state index in [1.54, 1.807) is 0 Å². The normalized spacial score (nSPS) is 16.6. The van der Waals surface area contributed by atoms with Crippen molar-refractivity contribution >= 4 is 34.3 Å². The molecule has 2 aliphatic heterocycles. The minimum atomic E-state index is 0.939. The predicted molar refractivity (Wildman–Crippen MR) is 166 cm³/mol. The molecule has 4 aromatic rings. The van der Waals surface area contributed by atoms with Crippen LogP contribution in [0.15, 0.2) is 131 Å². The molecule has 0 saturated carbocycles. The van der Waals surface area contributed by atoms with E-state index in [0.717, 1.165) is 19.4 Å². The third-order valence-electron chi connectivity index (χ3n) is 7.79. The molecule has 0 fully saturated rings. The van der Waals surface area contributed by atoms with E-state index in [0.29, 0.717) is 0 Å². The van der Waals surface area contributed by atoms with E-state index in [9.17, 15) is 0 Å². The highest BCUT2D eigenvalue weighted by Gasteiger charge is 2.29. The summed E-state index contributed by atoms with van der Waals surface area (Å²) in [7, 11) is 4.21. The average Bonchev–Trinajstić information content (AvgIpc) is 3.42. The van der Waals surface area contributed by atoms with Crippen molar-refractivity contribution in [1.82, 2.24) is 9.47 Å². The molecule has 3 aliphatic rings. The summed E-state index contributed by atoms with van der Waals surface area (Å²) in [5.41, 5.74) is 11.7. The van der Waals surface area contributed by atoms with Crippen molar-refractivity contribution in [2.75, 3.05) is 18.5 Å². The minimum Gasteiger partial charge on any atom is -0.377 e. The number of hydrogen-bond donors (Lipinski definition) is 0. The smallest absolute Gasteiger partial charge is 0.0598 e. The number of aryl methyl sites for hydroxylation is 1. The van der Waals surface area contributed by atoms with Crippen molar-refractivity contribution in [3.63, 3.8) is 0 Å². The first-order chi connectivity index (χ1) is 19.1. The first kappa shape index (κ1) is 23.9. The Hall–Kier alpha value is -4.15. The number of nitrogens with zero attached hydrogens (tertiary/aromatic N) is 3. The molecule has 1 aromatic heterocycles. The van der Waals surface area contributed by atoms with Gasteiger partial charge in [0.15, 0.2) is 0 Å². The summed E-state index contributed by atoms with van der Waals surface area (Å²) in [6.07, 6.45) is 15.6. The van der Waals surface area contributed by atoms with Gasteiger partial charge in [-0.3, -0.25) is 0 Å². The molecular formula is C35H31N3S. The summed E-state index contributed by atoms with van der Waals surface area (Å²) in [6.45, 7) is 0.939. The van der Waals surface area contributed by atoms with Gasteiger partial charge < -0.3 is 14.4 Å². The van der Waals surface area contributed by atoms with Gasteiger partial charge in [0.25, 0.3) is 0 Å². The summed E-state index contributed by atoms with van der Waals surface area (Å²) >= 11 is 1.92. The Balaban J connectivity index is 1.32. The molecule has 0 radical (unpaired) electrons. The molecule has 3 nitrogen and oxygen atoms in total. The van der Waals surface area contributed by atoms with Gasteiger partial charge >= 0.3 is 0 Å². The highest BCUT2D eigenvalue weighted by atomic mass is 32.2. The number of thioether (sulfide) groups is 1. The maximum Gasteiger partial charge on any atom is 0.0598 e. The zero-order valence-corrected chi connectivity index (χ0v) is 23.2. The second-order valence-corrected chi connectivity index (χ2v) is 11.6. The van der Waals surface area contributed by atoms with E-state index in [4.69, 9.17) is 0 Å². The Bertz CT molecular complexity index is 1670. The third kappa shape index (κ3) is 4.55. The van der Waals surface area contributed by atoms with Crippen LogP contribution in [0.5, 0.6) is 0 Å². The van der Waals surface area contributed by atoms with Crippen molar-refractivity contribution in [3.05, 3.63) is 137 Å². The Morgan fingerprint density at radius 3 is 2.31 bits per heavy atom. The van der Waals surface area contributed by atoms with Crippen LogP contribution < -0.4 is 4.90 Å². The molecule has 7 rings (SSSR count). The van der Waals surface area contributed by atoms with Crippen LogP contribution in [0, 0.1) is 0 Å². The first-order valence-electron chi connectivity index (χ1n) is 13.5. The first-order valence-corrected chi connectivity index (χ1v) is 14.4. The lowest BCUT2D eigenvalue weighted by Crippen LogP contribution is -2.22. The zero-order chi connectivity index (χ0) is 26.3. The van der Waals surface area contributed by atoms with Gasteiger partial charge in [0, 0.05) is 54.2 Å². The maximum absolute atomic E-state index is 2.50. The number of benzene rings is 3. The average molecular weight is 526 g/mol. The van der Waals surface area contributed by atoms with Gasteiger partial charge in [-0.05, 0) is 94.9 Å². The number of anilines is 2. The molecule has 39 heavy (non-hydrogen) atoms. The molecule has 0 amide bonds. The molecule has 4 heteroatoms. The molecule has 3 aromatic carbocycles. The number of rotatable bonds is 4. The summed E-state index contributed by atoms with van der Waals surface area (Å²) in [5.74, 6) is 0. The van der Waals surface area contributed by atoms with Crippen LogP contribution in [0.3, 0.4) is 0 Å². The molecule has 0 bridgehead atoms. The van der Waals surface area contributed by atoms with Crippen LogP contribution in [0.1, 0.15) is 24.0 Å². The van der Waals surface area contributed by atoms with E-state index in [2.05, 4.69) is 144 Å². The van der Waals surface area contributed by atoms with E-state index in [1.807, 2.05) is 11.8 Å². The molecule has 0 atom stereocenters. The van der Waals surface area contributed by atoms with Crippen LogP contribution >= 0.6 is 11.8 Å². The standard InChI is InChI=1S/C35H31N3S/c1-36-19-16-27(17-20-36)28-10-14-32-34(22-28)39-35-23-29(30-18-21-37(2)24-30)11-15-33(35)38(32)31-12-8-26(9-13-31)25-6-4-3-5-7-25/h3-10,12-14,16-19,21-24H,11,15,20H2,1-2H3. The largest absolute Gasteiger partial charge is 0.377 e. The van der Waals surface area contributed by atoms with Crippen molar-refractivity contribution in [3.8, 4) is 11.1 Å². The Morgan fingerprint density at radius 2 is 1.56 bits per heavy atom. The van der Waals surface area contributed by atoms with Gasteiger partial charge in [-0.1, -0.05) is 66.4 Å². The number of hydrogen-bond acceptors (Lipinski definition) is 3. The van der Waals surface area contributed by atoms with E-state index < -0.39 is 0 Å². The lowest BCUT2D eigenvalue weighted by atomic mass is 9.95. The van der Waals surface area contributed by atoms with E-state index >= 15 is 0 Å². The molecule has 3 heterocycles. The maximum atomic E-state index is 2.50. The second-order valence-electron chi connectivity index (χ2n) is 10.5. The van der Waals surface area contributed by atoms with E-state index in [-0.39, 0.29) is 0 Å². The lowest BCUT2D eigenvalue weighted by Gasteiger charge is -2.37. The van der Waals surface area contributed by atoms with Crippen LogP contribution in [0.4, 0.5) is 11.4 Å². The van der Waals surface area contributed by atoms with Crippen LogP contribution in [0.2, 0.25) is 0 Å². The summed E-state index contributed by atoms with van der Waals surface area (Å²) in [6, 6.07) is 28.9. The van der Waals surface area contributed by atoms with Gasteiger partial charge in [-0.15, -0.1) is 0 Å². The number of fused-ring (bicyclic) bond motifs is 1. The van der Waals surface area contributed by atoms with Crippen molar-refractivity contribution < 1.29 is 0 Å². The van der Waals surface area contributed by atoms with Crippen LogP contribution in [-0.4, -0.2) is 23.1 Å². The fourth-order valence-electron chi connectivity index (χ4n) is 5.67. The van der Waals surface area contributed by atoms with Gasteiger partial charge in [-0.2, -0.15) is 0 Å². The Labute approximate surface area is 235 Å². The van der Waals surface area contributed by atoms with Crippen molar-refractivity contribution in [2.24, 2.45) is 7.05 Å². The molecule has 0 saturated heterocycles. The second kappa shape index (κ2) is 9.87. The van der Waals surface area contributed by atoms with Crippen molar-refractivity contribution in [2.45, 2.75) is 17.7 Å². The molecular weight excluding hydrogens is 494 g/mol. The molecule has 0 spiro atoms. The molecule has 192 valence electrons. The van der Waals surface area contributed by atoms with Crippen molar-refractivity contribution in [1.29, 1.82) is 0 Å². The van der Waals surface area contributed by atoms with E-state index in [1.165, 1.54) is 60.3 Å². The lowest BCUT2D eigenvalue weighted by molar-refractivity contribution is 0.506. The highest BCUT2D eigenvalue weighted by molar-refractivity contribution is 8.03. The predicted octanol–water partition coefficient (Wildman–Crippen LogP) is 8.87. The zero-order valence-electron chi connectivity index (χ0n) is 22.3. The van der Waals surface area contributed by atoms with Gasteiger partial charge in [-0.25, -0.2) is 0 Å². The van der Waals surface area contributed by atoms with Gasteiger partial charge in [0.2, 0.25) is 0 Å².